The van der Waals surface area contributed by atoms with Gasteiger partial charge in [-0.3, -0.25) is 4.57 Å². The second-order valence-corrected chi connectivity index (χ2v) is 1.85. The maximum atomic E-state index is 5.07. The number of aromatic nitrogens is 2. The van der Waals surface area contributed by atoms with Gasteiger partial charge in [-0.1, -0.05) is 0 Å². The quantitative estimate of drug-likeness (QED) is 0.586. The molecule has 2 rings (SSSR count). The van der Waals surface area contributed by atoms with E-state index < -0.39 is 0 Å². The summed E-state index contributed by atoms with van der Waals surface area (Å²) in [6, 6.07) is 3.67. The van der Waals surface area contributed by atoms with E-state index in [0.717, 1.165) is 5.88 Å². The predicted octanol–water partition coefficient (Wildman–Crippen LogP) is 1.27. The van der Waals surface area contributed by atoms with E-state index in [4.69, 9.17) is 4.42 Å². The van der Waals surface area contributed by atoms with Crippen LogP contribution in [0, 0.1) is 6.33 Å². The van der Waals surface area contributed by atoms with Crippen LogP contribution in [0.15, 0.2) is 35.2 Å². The SMILES string of the molecule is [c]1nccn1-c1ccco1. The van der Waals surface area contributed by atoms with Gasteiger partial charge in [0.2, 0.25) is 5.88 Å². The van der Waals surface area contributed by atoms with Crippen LogP contribution in [0.5, 0.6) is 0 Å². The Hall–Kier alpha value is -1.51. The lowest BCUT2D eigenvalue weighted by molar-refractivity contribution is 0.537. The van der Waals surface area contributed by atoms with Gasteiger partial charge in [-0.25, -0.2) is 4.98 Å². The van der Waals surface area contributed by atoms with Crippen molar-refractivity contribution in [2.75, 3.05) is 0 Å². The molecule has 3 heteroatoms. The van der Waals surface area contributed by atoms with Gasteiger partial charge in [-0.15, -0.1) is 0 Å². The Morgan fingerprint density at radius 2 is 2.60 bits per heavy atom. The van der Waals surface area contributed by atoms with Crippen LogP contribution in [0.3, 0.4) is 0 Å². The first-order chi connectivity index (χ1) is 4.97. The largest absolute Gasteiger partial charge is 0.448 e. The second-order valence-electron chi connectivity index (χ2n) is 1.85. The Morgan fingerprint density at radius 1 is 1.60 bits per heavy atom. The fraction of sp³-hybridized carbons (Fsp3) is 0. The molecule has 2 aromatic rings. The van der Waals surface area contributed by atoms with Gasteiger partial charge in [-0.2, -0.15) is 0 Å². The van der Waals surface area contributed by atoms with Gasteiger partial charge >= 0.3 is 0 Å². The third-order valence-corrected chi connectivity index (χ3v) is 1.20. The molecule has 0 atom stereocenters. The van der Waals surface area contributed by atoms with Gasteiger partial charge in [0, 0.05) is 18.5 Å². The summed E-state index contributed by atoms with van der Waals surface area (Å²) in [4.78, 5) is 3.76. The van der Waals surface area contributed by atoms with Gasteiger partial charge in [0.15, 0.2) is 6.33 Å². The highest BCUT2D eigenvalue weighted by atomic mass is 16.3. The normalized spacial score (nSPS) is 10.0. The average molecular weight is 133 g/mol. The first kappa shape index (κ1) is 5.29. The molecule has 0 unspecified atom stereocenters. The highest BCUT2D eigenvalue weighted by molar-refractivity contribution is 5.16. The van der Waals surface area contributed by atoms with Gasteiger partial charge < -0.3 is 4.42 Å². The lowest BCUT2D eigenvalue weighted by atomic mass is 10.6. The number of furan rings is 1. The molecule has 1 radical (unpaired) electrons. The van der Waals surface area contributed by atoms with Gasteiger partial charge in [-0.05, 0) is 6.07 Å². The molecule has 0 aliphatic rings. The number of imidazole rings is 1. The smallest absolute Gasteiger partial charge is 0.205 e. The molecule has 2 heterocycles. The highest BCUT2D eigenvalue weighted by Gasteiger charge is 1.94. The van der Waals surface area contributed by atoms with Crippen molar-refractivity contribution in [2.24, 2.45) is 0 Å². The summed E-state index contributed by atoms with van der Waals surface area (Å²) in [6.45, 7) is 0. The van der Waals surface area contributed by atoms with Crippen LogP contribution in [0.25, 0.3) is 5.88 Å². The zero-order valence-electron chi connectivity index (χ0n) is 5.19. The van der Waals surface area contributed by atoms with Crippen LogP contribution in [-0.2, 0) is 0 Å². The molecule has 0 bridgehead atoms. The van der Waals surface area contributed by atoms with E-state index in [0.29, 0.717) is 0 Å². The molecule has 0 N–H and O–H groups in total. The van der Waals surface area contributed by atoms with E-state index in [1.54, 1.807) is 23.2 Å². The van der Waals surface area contributed by atoms with Gasteiger partial charge in [0.05, 0.1) is 6.26 Å². The Bertz CT molecular complexity index is 251. The molecule has 49 valence electrons. The Kier molecular flexibility index (Phi) is 1.07. The maximum Gasteiger partial charge on any atom is 0.205 e. The molecule has 0 saturated heterocycles. The fourth-order valence-corrected chi connectivity index (χ4v) is 0.759. The number of rotatable bonds is 1. The molecule has 0 aromatic carbocycles. The Labute approximate surface area is 57.9 Å². The maximum absolute atomic E-state index is 5.07. The average Bonchev–Trinajstić information content (AvgIpc) is 2.59. The molecule has 10 heavy (non-hydrogen) atoms. The highest BCUT2D eigenvalue weighted by Crippen LogP contribution is 2.05. The van der Waals surface area contributed by atoms with Gasteiger partial charge in [0.1, 0.15) is 0 Å². The van der Waals surface area contributed by atoms with Crippen molar-refractivity contribution in [3.05, 3.63) is 37.1 Å². The molecule has 0 aliphatic heterocycles. The molecule has 0 aliphatic carbocycles. The molecule has 0 saturated carbocycles. The van der Waals surface area contributed by atoms with E-state index in [1.165, 1.54) is 0 Å². The summed E-state index contributed by atoms with van der Waals surface area (Å²) < 4.78 is 6.75. The molecular formula is C7H5N2O. The van der Waals surface area contributed by atoms with Crippen LogP contribution < -0.4 is 0 Å². The van der Waals surface area contributed by atoms with E-state index >= 15 is 0 Å². The third kappa shape index (κ3) is 0.719. The molecule has 0 amide bonds. The van der Waals surface area contributed by atoms with Crippen molar-refractivity contribution in [1.29, 1.82) is 0 Å². The van der Waals surface area contributed by atoms with Crippen LogP contribution in [0.1, 0.15) is 0 Å². The molecule has 2 aromatic heterocycles. The first-order valence-corrected chi connectivity index (χ1v) is 2.92. The first-order valence-electron chi connectivity index (χ1n) is 2.92. The van der Waals surface area contributed by atoms with Crippen LogP contribution in [0.4, 0.5) is 0 Å². The predicted molar refractivity (Wildman–Crippen MR) is 34.7 cm³/mol. The Morgan fingerprint density at radius 3 is 3.20 bits per heavy atom. The van der Waals surface area contributed by atoms with Crippen LogP contribution >= 0.6 is 0 Å². The number of hydrogen-bond acceptors (Lipinski definition) is 2. The third-order valence-electron chi connectivity index (χ3n) is 1.20. The monoisotopic (exact) mass is 133 g/mol. The van der Waals surface area contributed by atoms with E-state index in [9.17, 15) is 0 Å². The van der Waals surface area contributed by atoms with Crippen LogP contribution in [0.2, 0.25) is 0 Å². The topological polar surface area (TPSA) is 31.0 Å². The summed E-state index contributed by atoms with van der Waals surface area (Å²) in [5, 5.41) is 0. The van der Waals surface area contributed by atoms with E-state index in [2.05, 4.69) is 11.3 Å². The lowest BCUT2D eigenvalue weighted by Gasteiger charge is -1.90. The second kappa shape index (κ2) is 2.02. The van der Waals surface area contributed by atoms with Gasteiger partial charge in [0.25, 0.3) is 0 Å². The summed E-state index contributed by atoms with van der Waals surface area (Å²) in [6.07, 6.45) is 7.76. The summed E-state index contributed by atoms with van der Waals surface area (Å²) in [5.74, 6) is 0.734. The van der Waals surface area contributed by atoms with E-state index in [-0.39, 0.29) is 0 Å². The van der Waals surface area contributed by atoms with Crippen molar-refractivity contribution >= 4 is 0 Å². The van der Waals surface area contributed by atoms with Crippen molar-refractivity contribution < 1.29 is 4.42 Å². The zero-order chi connectivity index (χ0) is 6.81. The summed E-state index contributed by atoms with van der Waals surface area (Å²) in [5.41, 5.74) is 0. The standard InChI is InChI=1S/C7H5N2O/c1-2-7(10-5-1)9-4-3-8-6-9/h1-5H. The molecule has 0 fully saturated rings. The van der Waals surface area contributed by atoms with Crippen LogP contribution in [-0.4, -0.2) is 9.55 Å². The minimum absolute atomic E-state index is 0.734. The minimum Gasteiger partial charge on any atom is -0.448 e. The zero-order valence-corrected chi connectivity index (χ0v) is 5.19. The molecule has 0 spiro atoms. The summed E-state index contributed by atoms with van der Waals surface area (Å²) in [7, 11) is 0. The van der Waals surface area contributed by atoms with E-state index in [1.807, 2.05) is 12.1 Å². The number of nitrogens with zero attached hydrogens (tertiary/aromatic N) is 2. The Balaban J connectivity index is 2.48. The van der Waals surface area contributed by atoms with Crippen molar-refractivity contribution in [3.63, 3.8) is 0 Å². The number of hydrogen-bond donors (Lipinski definition) is 0. The molecular weight excluding hydrogens is 128 g/mol. The minimum atomic E-state index is 0.734. The lowest BCUT2D eigenvalue weighted by Crippen LogP contribution is -1.84. The van der Waals surface area contributed by atoms with Crippen molar-refractivity contribution in [3.8, 4) is 5.88 Å². The van der Waals surface area contributed by atoms with Crippen molar-refractivity contribution in [1.82, 2.24) is 9.55 Å². The van der Waals surface area contributed by atoms with Crippen molar-refractivity contribution in [2.45, 2.75) is 0 Å². The molecule has 3 nitrogen and oxygen atoms in total. The fourth-order valence-electron chi connectivity index (χ4n) is 0.759. The summed E-state index contributed by atoms with van der Waals surface area (Å²) >= 11 is 0.